The Balaban J connectivity index is 1.67. The molecule has 122 valence electrons. The van der Waals surface area contributed by atoms with Crippen molar-refractivity contribution in [2.45, 2.75) is 18.8 Å². The van der Waals surface area contributed by atoms with Gasteiger partial charge in [0.1, 0.15) is 5.52 Å². The molecule has 24 heavy (non-hydrogen) atoms. The van der Waals surface area contributed by atoms with Gasteiger partial charge in [0.25, 0.3) is 0 Å². The van der Waals surface area contributed by atoms with Crippen LogP contribution in [0.25, 0.3) is 16.6 Å². The summed E-state index contributed by atoms with van der Waals surface area (Å²) in [6.45, 7) is 2.15. The second-order valence-electron chi connectivity index (χ2n) is 6.26. The van der Waals surface area contributed by atoms with Gasteiger partial charge in [-0.25, -0.2) is 9.48 Å². The van der Waals surface area contributed by atoms with Crippen molar-refractivity contribution >= 4 is 16.9 Å². The van der Waals surface area contributed by atoms with Gasteiger partial charge in [0, 0.05) is 18.1 Å². The summed E-state index contributed by atoms with van der Waals surface area (Å²) >= 11 is 0. The number of fused-ring (bicyclic) bond motifs is 1. The highest BCUT2D eigenvalue weighted by Gasteiger charge is 2.15. The van der Waals surface area contributed by atoms with Crippen LogP contribution in [-0.2, 0) is 0 Å². The number of aromatic nitrogens is 2. The lowest BCUT2D eigenvalue weighted by Gasteiger charge is -2.23. The molecule has 0 unspecified atom stereocenters. The molecule has 0 spiro atoms. The second-order valence-corrected chi connectivity index (χ2v) is 6.26. The predicted molar refractivity (Wildman–Crippen MR) is 92.9 cm³/mol. The van der Waals surface area contributed by atoms with E-state index in [1.807, 2.05) is 12.3 Å². The number of aromatic carboxylic acids is 1. The van der Waals surface area contributed by atoms with Crippen molar-refractivity contribution in [1.29, 1.82) is 0 Å². The van der Waals surface area contributed by atoms with E-state index in [9.17, 15) is 9.90 Å². The van der Waals surface area contributed by atoms with Crippen molar-refractivity contribution in [2.75, 3.05) is 13.1 Å². The maximum absolute atomic E-state index is 11.3. The molecule has 4 rings (SSSR count). The first-order chi connectivity index (χ1) is 11.7. The fourth-order valence-corrected chi connectivity index (χ4v) is 3.39. The molecule has 1 aliphatic heterocycles. The minimum absolute atomic E-state index is 0.233. The zero-order valence-electron chi connectivity index (χ0n) is 13.3. The number of hydrogen-bond donors (Lipinski definition) is 2. The molecule has 0 amide bonds. The first-order valence-electron chi connectivity index (χ1n) is 8.25. The largest absolute Gasteiger partial charge is 0.478 e. The monoisotopic (exact) mass is 321 g/mol. The van der Waals surface area contributed by atoms with E-state index in [4.69, 9.17) is 0 Å². The summed E-state index contributed by atoms with van der Waals surface area (Å²) in [6.07, 6.45) is 4.31. The molecular weight excluding hydrogens is 302 g/mol. The average molecular weight is 321 g/mol. The molecule has 5 heteroatoms. The first kappa shape index (κ1) is 14.9. The third-order valence-corrected chi connectivity index (χ3v) is 4.69. The van der Waals surface area contributed by atoms with Crippen LogP contribution in [0.1, 0.15) is 34.7 Å². The third-order valence-electron chi connectivity index (χ3n) is 4.69. The summed E-state index contributed by atoms with van der Waals surface area (Å²) in [5, 5.41) is 18.0. The van der Waals surface area contributed by atoms with E-state index in [0.29, 0.717) is 11.4 Å². The smallest absolute Gasteiger partial charge is 0.337 e. The van der Waals surface area contributed by atoms with Crippen molar-refractivity contribution in [1.82, 2.24) is 15.1 Å². The molecule has 1 aromatic heterocycles. The van der Waals surface area contributed by atoms with Gasteiger partial charge < -0.3 is 10.4 Å². The van der Waals surface area contributed by atoms with Gasteiger partial charge in [-0.15, -0.1) is 0 Å². The van der Waals surface area contributed by atoms with Gasteiger partial charge in [0.05, 0.1) is 11.3 Å². The Kier molecular flexibility index (Phi) is 3.78. The average Bonchev–Trinajstić information content (AvgIpc) is 3.06. The van der Waals surface area contributed by atoms with Crippen LogP contribution in [0.3, 0.4) is 0 Å². The maximum atomic E-state index is 11.3. The topological polar surface area (TPSA) is 67.2 Å². The number of benzene rings is 2. The van der Waals surface area contributed by atoms with Gasteiger partial charge in [-0.3, -0.25) is 0 Å². The molecule has 0 bridgehead atoms. The minimum Gasteiger partial charge on any atom is -0.478 e. The number of nitrogens with one attached hydrogen (secondary N) is 1. The molecule has 1 atom stereocenters. The van der Waals surface area contributed by atoms with Gasteiger partial charge in [0.15, 0.2) is 0 Å². The zero-order chi connectivity index (χ0) is 16.5. The van der Waals surface area contributed by atoms with E-state index >= 15 is 0 Å². The highest BCUT2D eigenvalue weighted by Crippen LogP contribution is 2.25. The molecule has 1 aliphatic rings. The quantitative estimate of drug-likeness (QED) is 0.777. The summed E-state index contributed by atoms with van der Waals surface area (Å²) in [4.78, 5) is 11.3. The Morgan fingerprint density at radius 1 is 1.21 bits per heavy atom. The fourth-order valence-electron chi connectivity index (χ4n) is 3.39. The lowest BCUT2D eigenvalue weighted by atomic mass is 9.92. The molecule has 3 aromatic rings. The van der Waals surface area contributed by atoms with Crippen LogP contribution in [0.15, 0.2) is 48.7 Å². The second kappa shape index (κ2) is 6.09. The van der Waals surface area contributed by atoms with Crippen LogP contribution in [0.4, 0.5) is 0 Å². The van der Waals surface area contributed by atoms with Crippen molar-refractivity contribution in [3.63, 3.8) is 0 Å². The summed E-state index contributed by atoms with van der Waals surface area (Å²) in [5.74, 6) is -0.380. The Morgan fingerprint density at radius 3 is 2.75 bits per heavy atom. The van der Waals surface area contributed by atoms with Crippen molar-refractivity contribution < 1.29 is 9.90 Å². The number of carbonyl (C=O) groups is 1. The van der Waals surface area contributed by atoms with Crippen LogP contribution in [-0.4, -0.2) is 33.9 Å². The van der Waals surface area contributed by atoms with Gasteiger partial charge in [-0.05, 0) is 49.1 Å². The van der Waals surface area contributed by atoms with Crippen LogP contribution < -0.4 is 5.32 Å². The van der Waals surface area contributed by atoms with E-state index in [-0.39, 0.29) is 5.56 Å². The number of carboxylic acids is 1. The minimum atomic E-state index is -0.953. The Bertz CT molecular complexity index is 877. The van der Waals surface area contributed by atoms with E-state index < -0.39 is 5.97 Å². The van der Waals surface area contributed by atoms with Crippen molar-refractivity contribution in [3.8, 4) is 5.69 Å². The molecule has 2 aromatic carbocycles. The van der Waals surface area contributed by atoms with Crippen molar-refractivity contribution in [2.24, 2.45) is 0 Å². The van der Waals surface area contributed by atoms with Gasteiger partial charge in [-0.2, -0.15) is 5.10 Å². The Hall–Kier alpha value is -2.66. The molecule has 1 fully saturated rings. The number of carboxylic acid groups (broad SMARTS) is 1. The number of piperidine rings is 1. The highest BCUT2D eigenvalue weighted by molar-refractivity contribution is 6.01. The van der Waals surface area contributed by atoms with Crippen LogP contribution in [0, 0.1) is 0 Å². The molecule has 1 saturated heterocycles. The molecule has 2 N–H and O–H groups in total. The Labute approximate surface area is 139 Å². The molecular formula is C19H19N3O2. The molecule has 0 radical (unpaired) electrons. The van der Waals surface area contributed by atoms with Gasteiger partial charge in [-0.1, -0.05) is 24.3 Å². The van der Waals surface area contributed by atoms with E-state index in [1.165, 1.54) is 18.4 Å². The number of rotatable bonds is 3. The summed E-state index contributed by atoms with van der Waals surface area (Å²) in [6, 6.07) is 13.6. The highest BCUT2D eigenvalue weighted by atomic mass is 16.4. The molecule has 0 aliphatic carbocycles. The van der Waals surface area contributed by atoms with Crippen LogP contribution in [0.5, 0.6) is 0 Å². The van der Waals surface area contributed by atoms with Crippen molar-refractivity contribution in [3.05, 3.63) is 59.8 Å². The SMILES string of the molecule is O=C(O)c1cccc2cn(-c3ccc([C@H]4CCCNC4)cc3)nc12. The standard InChI is InChI=1S/C19H19N3O2/c23-19(24)17-5-1-3-15-12-22(21-18(15)17)16-8-6-13(7-9-16)14-4-2-10-20-11-14/h1,3,5-9,12,14,20H,2,4,10-11H2,(H,23,24)/t14-/m0/s1. The first-order valence-corrected chi connectivity index (χ1v) is 8.25. The predicted octanol–water partition coefficient (Wildman–Crippen LogP) is 3.19. The number of hydrogen-bond acceptors (Lipinski definition) is 3. The molecule has 2 heterocycles. The number of nitrogens with zero attached hydrogens (tertiary/aromatic N) is 2. The summed E-state index contributed by atoms with van der Waals surface area (Å²) < 4.78 is 1.75. The maximum Gasteiger partial charge on any atom is 0.337 e. The van der Waals surface area contributed by atoms with Crippen LogP contribution >= 0.6 is 0 Å². The summed E-state index contributed by atoms with van der Waals surface area (Å²) in [7, 11) is 0. The fraction of sp³-hybridized carbons (Fsp3) is 0.263. The van der Waals surface area contributed by atoms with Gasteiger partial charge in [0.2, 0.25) is 0 Å². The lowest BCUT2D eigenvalue weighted by molar-refractivity contribution is 0.0699. The molecule has 5 nitrogen and oxygen atoms in total. The van der Waals surface area contributed by atoms with Crippen LogP contribution in [0.2, 0.25) is 0 Å². The van der Waals surface area contributed by atoms with E-state index in [0.717, 1.165) is 24.2 Å². The lowest BCUT2D eigenvalue weighted by Crippen LogP contribution is -2.28. The van der Waals surface area contributed by atoms with E-state index in [1.54, 1.807) is 16.8 Å². The molecule has 0 saturated carbocycles. The summed E-state index contributed by atoms with van der Waals surface area (Å²) in [5.41, 5.74) is 3.03. The third kappa shape index (κ3) is 2.67. The zero-order valence-corrected chi connectivity index (χ0v) is 13.3. The van der Waals surface area contributed by atoms with Gasteiger partial charge >= 0.3 is 5.97 Å². The Morgan fingerprint density at radius 2 is 2.04 bits per heavy atom. The van der Waals surface area contributed by atoms with E-state index in [2.05, 4.69) is 34.7 Å². The normalized spacial score (nSPS) is 17.9.